The molecular weight excluding hydrogens is 409 g/mol. The molecule has 0 aliphatic heterocycles. The maximum absolute atomic E-state index is 13.5. The molecule has 0 amide bonds. The van der Waals surface area contributed by atoms with Crippen molar-refractivity contribution >= 4 is 23.1 Å². The monoisotopic (exact) mass is 432 g/mol. The van der Waals surface area contributed by atoms with Crippen LogP contribution in [0.15, 0.2) is 54.7 Å². The number of para-hydroxylation sites is 2. The van der Waals surface area contributed by atoms with Crippen LogP contribution in [-0.4, -0.2) is 23.2 Å². The van der Waals surface area contributed by atoms with Gasteiger partial charge < -0.3 is 20.1 Å². The van der Waals surface area contributed by atoms with Crippen molar-refractivity contribution in [2.75, 3.05) is 23.8 Å². The van der Waals surface area contributed by atoms with E-state index in [4.69, 9.17) is 9.47 Å². The zero-order chi connectivity index (χ0) is 22.3. The van der Waals surface area contributed by atoms with Gasteiger partial charge in [0.05, 0.1) is 18.9 Å². The molecule has 9 heteroatoms. The number of ether oxygens (including phenoxy) is 2. The van der Waals surface area contributed by atoms with Gasteiger partial charge in [-0.25, -0.2) is 4.98 Å². The number of hydrogen-bond donors (Lipinski definition) is 2. The van der Waals surface area contributed by atoms with Crippen molar-refractivity contribution < 1.29 is 22.6 Å². The minimum absolute atomic E-state index is 0.0200. The van der Waals surface area contributed by atoms with Crippen molar-refractivity contribution in [1.29, 1.82) is 0 Å². The van der Waals surface area contributed by atoms with Gasteiger partial charge in [-0.3, -0.25) is 0 Å². The summed E-state index contributed by atoms with van der Waals surface area (Å²) < 4.78 is 51.6. The molecule has 3 rings (SSSR count). The lowest BCUT2D eigenvalue weighted by Crippen LogP contribution is -2.13. The first-order valence-corrected chi connectivity index (χ1v) is 9.83. The first-order chi connectivity index (χ1) is 14.9. The van der Waals surface area contributed by atoms with Gasteiger partial charge in [0.15, 0.2) is 0 Å². The molecule has 0 spiro atoms. The number of rotatable bonds is 9. The second kappa shape index (κ2) is 10.0. The van der Waals surface area contributed by atoms with Crippen LogP contribution >= 0.6 is 0 Å². The summed E-state index contributed by atoms with van der Waals surface area (Å²) in [7, 11) is 0. The van der Waals surface area contributed by atoms with E-state index in [9.17, 15) is 13.2 Å². The number of aromatic nitrogens is 2. The predicted molar refractivity (Wildman–Crippen MR) is 113 cm³/mol. The smallest absolute Gasteiger partial charge is 0.421 e. The van der Waals surface area contributed by atoms with Crippen LogP contribution in [0.5, 0.6) is 11.5 Å². The van der Waals surface area contributed by atoms with E-state index in [1.165, 1.54) is 0 Å². The molecule has 0 saturated carbocycles. The Morgan fingerprint density at radius 3 is 2.35 bits per heavy atom. The molecule has 0 aliphatic carbocycles. The van der Waals surface area contributed by atoms with Crippen LogP contribution in [-0.2, 0) is 6.18 Å². The predicted octanol–water partition coefficient (Wildman–Crippen LogP) is 6.17. The lowest BCUT2D eigenvalue weighted by Gasteiger charge is -2.17. The number of hydrogen-bond acceptors (Lipinski definition) is 6. The molecule has 2 N–H and O–H groups in total. The van der Waals surface area contributed by atoms with Crippen LogP contribution in [0.2, 0.25) is 0 Å². The van der Waals surface area contributed by atoms with Gasteiger partial charge in [-0.2, -0.15) is 18.2 Å². The van der Waals surface area contributed by atoms with Crippen molar-refractivity contribution in [1.82, 2.24) is 9.97 Å². The minimum atomic E-state index is -4.63. The van der Waals surface area contributed by atoms with Gasteiger partial charge >= 0.3 is 6.18 Å². The third-order valence-electron chi connectivity index (χ3n) is 4.12. The van der Waals surface area contributed by atoms with E-state index in [1.54, 1.807) is 48.5 Å². The van der Waals surface area contributed by atoms with Gasteiger partial charge in [0.1, 0.15) is 22.9 Å². The average molecular weight is 432 g/mol. The van der Waals surface area contributed by atoms with Crippen molar-refractivity contribution in [3.05, 3.63) is 60.3 Å². The number of nitrogens with zero attached hydrogens (tertiary/aromatic N) is 2. The normalized spacial score (nSPS) is 11.1. The topological polar surface area (TPSA) is 68.3 Å². The van der Waals surface area contributed by atoms with Crippen LogP contribution in [0.25, 0.3) is 0 Å². The number of benzene rings is 2. The van der Waals surface area contributed by atoms with Gasteiger partial charge in [-0.15, -0.1) is 0 Å². The molecule has 0 saturated heterocycles. The highest BCUT2D eigenvalue weighted by atomic mass is 19.4. The van der Waals surface area contributed by atoms with Gasteiger partial charge in [0.2, 0.25) is 5.95 Å². The Bertz CT molecular complexity index is 995. The third kappa shape index (κ3) is 6.00. The van der Waals surface area contributed by atoms with Gasteiger partial charge in [0.25, 0.3) is 0 Å². The highest BCUT2D eigenvalue weighted by molar-refractivity contribution is 5.67. The standard InChI is InChI=1S/C22H23F3N4O2/c1-3-13-31-19-8-6-5-7-18(19)28-20-17(22(23,24)25)14-26-21(29-20)27-15-9-11-16(12-10-15)30-4-2/h5-12,14H,3-4,13H2,1-2H3,(H2,26,27,28,29). The first kappa shape index (κ1) is 22.2. The summed E-state index contributed by atoms with van der Waals surface area (Å²) in [4.78, 5) is 7.90. The molecular formula is C22H23F3N4O2. The molecule has 0 bridgehead atoms. The zero-order valence-electron chi connectivity index (χ0n) is 17.2. The highest BCUT2D eigenvalue weighted by Gasteiger charge is 2.35. The van der Waals surface area contributed by atoms with E-state index >= 15 is 0 Å². The third-order valence-corrected chi connectivity index (χ3v) is 4.12. The van der Waals surface area contributed by atoms with E-state index < -0.39 is 11.7 Å². The lowest BCUT2D eigenvalue weighted by molar-refractivity contribution is -0.137. The second-order valence-corrected chi connectivity index (χ2v) is 6.51. The molecule has 31 heavy (non-hydrogen) atoms. The fraction of sp³-hybridized carbons (Fsp3) is 0.273. The van der Waals surface area contributed by atoms with Crippen molar-refractivity contribution in [3.8, 4) is 11.5 Å². The Balaban J connectivity index is 1.89. The molecule has 0 atom stereocenters. The summed E-state index contributed by atoms with van der Waals surface area (Å²) in [5.74, 6) is 0.777. The first-order valence-electron chi connectivity index (χ1n) is 9.83. The summed E-state index contributed by atoms with van der Waals surface area (Å²) in [6.45, 7) is 4.80. The van der Waals surface area contributed by atoms with Crippen molar-refractivity contribution in [2.45, 2.75) is 26.4 Å². The highest BCUT2D eigenvalue weighted by Crippen LogP contribution is 2.37. The summed E-state index contributed by atoms with van der Waals surface area (Å²) >= 11 is 0. The molecule has 0 unspecified atom stereocenters. The number of anilines is 4. The van der Waals surface area contributed by atoms with E-state index in [1.807, 2.05) is 13.8 Å². The summed E-state index contributed by atoms with van der Waals surface area (Å²) in [5.41, 5.74) is 0.0167. The fourth-order valence-corrected chi connectivity index (χ4v) is 2.71. The molecule has 0 radical (unpaired) electrons. The van der Waals surface area contributed by atoms with Crippen molar-refractivity contribution in [3.63, 3.8) is 0 Å². The Hall–Kier alpha value is -3.49. The molecule has 6 nitrogen and oxygen atoms in total. The Morgan fingerprint density at radius 2 is 1.68 bits per heavy atom. The Kier molecular flexibility index (Phi) is 7.17. The summed E-state index contributed by atoms with van der Waals surface area (Å²) in [6.07, 6.45) is -3.10. The van der Waals surface area contributed by atoms with E-state index in [0.717, 1.165) is 12.6 Å². The molecule has 1 heterocycles. The van der Waals surface area contributed by atoms with Crippen LogP contribution < -0.4 is 20.1 Å². The van der Waals surface area contributed by atoms with E-state index in [0.29, 0.717) is 36.1 Å². The van der Waals surface area contributed by atoms with Crippen LogP contribution in [0, 0.1) is 0 Å². The average Bonchev–Trinajstić information content (AvgIpc) is 2.74. The number of halogens is 3. The quantitative estimate of drug-likeness (QED) is 0.421. The molecule has 3 aromatic rings. The maximum Gasteiger partial charge on any atom is 0.421 e. The van der Waals surface area contributed by atoms with Crippen LogP contribution in [0.4, 0.5) is 36.3 Å². The second-order valence-electron chi connectivity index (χ2n) is 6.51. The molecule has 2 aromatic carbocycles. The minimum Gasteiger partial charge on any atom is -0.494 e. The Morgan fingerprint density at radius 1 is 0.935 bits per heavy atom. The number of nitrogens with one attached hydrogen (secondary N) is 2. The fourth-order valence-electron chi connectivity index (χ4n) is 2.71. The Labute approximate surface area is 178 Å². The molecule has 1 aromatic heterocycles. The van der Waals surface area contributed by atoms with E-state index in [-0.39, 0.29) is 11.8 Å². The lowest BCUT2D eigenvalue weighted by atomic mass is 10.2. The SMILES string of the molecule is CCCOc1ccccc1Nc1nc(Nc2ccc(OCC)cc2)ncc1C(F)(F)F. The summed E-state index contributed by atoms with van der Waals surface area (Å²) in [5, 5.41) is 5.66. The van der Waals surface area contributed by atoms with Gasteiger partial charge in [0, 0.05) is 11.9 Å². The maximum atomic E-state index is 13.5. The number of alkyl halides is 3. The molecule has 0 fully saturated rings. The van der Waals surface area contributed by atoms with Crippen molar-refractivity contribution in [2.24, 2.45) is 0 Å². The zero-order valence-corrected chi connectivity index (χ0v) is 17.2. The van der Waals surface area contributed by atoms with Crippen LogP contribution in [0.1, 0.15) is 25.8 Å². The van der Waals surface area contributed by atoms with Gasteiger partial charge in [-0.1, -0.05) is 19.1 Å². The molecule has 0 aliphatic rings. The van der Waals surface area contributed by atoms with Crippen LogP contribution in [0.3, 0.4) is 0 Å². The van der Waals surface area contributed by atoms with Gasteiger partial charge in [-0.05, 0) is 49.7 Å². The largest absolute Gasteiger partial charge is 0.494 e. The summed E-state index contributed by atoms with van der Waals surface area (Å²) in [6, 6.07) is 13.7. The molecule has 164 valence electrons. The van der Waals surface area contributed by atoms with E-state index in [2.05, 4.69) is 20.6 Å².